The summed E-state index contributed by atoms with van der Waals surface area (Å²) >= 11 is 0. The number of aryl methyl sites for hydroxylation is 1. The molecule has 0 fully saturated rings. The Labute approximate surface area is 100 Å². The Kier molecular flexibility index (Phi) is 3.88. The molecule has 0 aliphatic heterocycles. The van der Waals surface area contributed by atoms with Gasteiger partial charge in [-0.25, -0.2) is 4.39 Å². The molecule has 0 amide bonds. The van der Waals surface area contributed by atoms with Crippen LogP contribution < -0.4 is 5.32 Å². The first kappa shape index (κ1) is 11.8. The van der Waals surface area contributed by atoms with Crippen LogP contribution in [0.2, 0.25) is 0 Å². The minimum atomic E-state index is -0.178. The summed E-state index contributed by atoms with van der Waals surface area (Å²) in [6, 6.07) is 6.79. The third-order valence-electron chi connectivity index (χ3n) is 2.70. The number of nitrogens with one attached hydrogen (secondary N) is 1. The summed E-state index contributed by atoms with van der Waals surface area (Å²) in [5, 5.41) is 7.43. The highest BCUT2D eigenvalue weighted by Gasteiger charge is 1.99. The predicted molar refractivity (Wildman–Crippen MR) is 65.1 cm³/mol. The average molecular weight is 233 g/mol. The van der Waals surface area contributed by atoms with Gasteiger partial charge in [0.25, 0.3) is 0 Å². The molecule has 0 saturated carbocycles. The molecule has 4 heteroatoms. The van der Waals surface area contributed by atoms with Gasteiger partial charge in [-0.1, -0.05) is 6.07 Å². The summed E-state index contributed by atoms with van der Waals surface area (Å²) in [4.78, 5) is 0. The van der Waals surface area contributed by atoms with Gasteiger partial charge in [-0.3, -0.25) is 4.68 Å². The lowest BCUT2D eigenvalue weighted by atomic mass is 10.1. The molecular weight excluding hydrogens is 217 g/mol. The second kappa shape index (κ2) is 5.59. The highest BCUT2D eigenvalue weighted by molar-refractivity contribution is 5.26. The summed E-state index contributed by atoms with van der Waals surface area (Å²) in [5.41, 5.74) is 2.11. The van der Waals surface area contributed by atoms with Gasteiger partial charge in [-0.15, -0.1) is 0 Å². The molecule has 1 heterocycles. The normalized spacial score (nSPS) is 10.7. The third-order valence-corrected chi connectivity index (χ3v) is 2.70. The van der Waals surface area contributed by atoms with Gasteiger partial charge in [-0.05, 0) is 36.2 Å². The molecule has 0 saturated heterocycles. The first-order chi connectivity index (χ1) is 8.25. The zero-order valence-electron chi connectivity index (χ0n) is 9.86. The molecule has 2 rings (SSSR count). The van der Waals surface area contributed by atoms with Gasteiger partial charge >= 0.3 is 0 Å². The van der Waals surface area contributed by atoms with E-state index in [2.05, 4.69) is 10.4 Å². The van der Waals surface area contributed by atoms with Gasteiger partial charge in [0.2, 0.25) is 0 Å². The maximum absolute atomic E-state index is 12.9. The number of hydrogen-bond donors (Lipinski definition) is 1. The Morgan fingerprint density at radius 3 is 3.00 bits per heavy atom. The van der Waals surface area contributed by atoms with Crippen molar-refractivity contribution in [2.45, 2.75) is 20.0 Å². The molecule has 1 aromatic heterocycles. The van der Waals surface area contributed by atoms with Crippen molar-refractivity contribution >= 4 is 0 Å². The topological polar surface area (TPSA) is 29.9 Å². The number of nitrogens with zero attached hydrogens (tertiary/aromatic N) is 2. The molecular formula is C13H16FN3. The molecule has 2 aromatic rings. The Morgan fingerprint density at radius 1 is 1.41 bits per heavy atom. The lowest BCUT2D eigenvalue weighted by molar-refractivity contribution is 0.553. The number of rotatable bonds is 5. The summed E-state index contributed by atoms with van der Waals surface area (Å²) in [5.74, 6) is -0.178. The summed E-state index contributed by atoms with van der Waals surface area (Å²) in [6.45, 7) is 4.37. The van der Waals surface area contributed by atoms with Crippen LogP contribution >= 0.6 is 0 Å². The molecule has 0 atom stereocenters. The maximum Gasteiger partial charge on any atom is 0.123 e. The monoisotopic (exact) mass is 233 g/mol. The molecule has 1 aromatic carbocycles. The largest absolute Gasteiger partial charge is 0.311 e. The fraction of sp³-hybridized carbons (Fsp3) is 0.308. The van der Waals surface area contributed by atoms with Gasteiger partial charge in [0.15, 0.2) is 0 Å². The minimum Gasteiger partial charge on any atom is -0.311 e. The molecule has 0 bridgehead atoms. The van der Waals surface area contributed by atoms with Crippen LogP contribution in [0, 0.1) is 12.7 Å². The molecule has 0 unspecified atom stereocenters. The molecule has 1 N–H and O–H groups in total. The highest BCUT2D eigenvalue weighted by Crippen LogP contribution is 2.09. The van der Waals surface area contributed by atoms with Crippen molar-refractivity contribution in [2.24, 2.45) is 0 Å². The van der Waals surface area contributed by atoms with Gasteiger partial charge in [0.1, 0.15) is 5.82 Å². The molecule has 17 heavy (non-hydrogen) atoms. The van der Waals surface area contributed by atoms with Crippen molar-refractivity contribution in [3.8, 4) is 0 Å². The second-order valence-corrected chi connectivity index (χ2v) is 4.02. The molecule has 0 radical (unpaired) electrons. The van der Waals surface area contributed by atoms with E-state index in [0.29, 0.717) is 0 Å². The van der Waals surface area contributed by atoms with Gasteiger partial charge in [-0.2, -0.15) is 5.10 Å². The Morgan fingerprint density at radius 2 is 2.29 bits per heavy atom. The number of halogens is 1. The van der Waals surface area contributed by atoms with E-state index in [1.165, 1.54) is 6.07 Å². The third kappa shape index (κ3) is 3.39. The van der Waals surface area contributed by atoms with E-state index in [1.807, 2.05) is 29.9 Å². The zero-order valence-corrected chi connectivity index (χ0v) is 9.86. The fourth-order valence-corrected chi connectivity index (χ4v) is 1.71. The molecule has 0 aliphatic rings. The van der Waals surface area contributed by atoms with Crippen LogP contribution in [0.15, 0.2) is 36.7 Å². The SMILES string of the molecule is Cc1cc(F)ccc1CNCCn1cccn1. The zero-order chi connectivity index (χ0) is 12.1. The molecule has 0 spiro atoms. The van der Waals surface area contributed by atoms with Crippen molar-refractivity contribution in [1.29, 1.82) is 0 Å². The van der Waals surface area contributed by atoms with Crippen LogP contribution in [0.5, 0.6) is 0 Å². The van der Waals surface area contributed by atoms with Crippen molar-refractivity contribution in [3.05, 3.63) is 53.6 Å². The van der Waals surface area contributed by atoms with E-state index in [4.69, 9.17) is 0 Å². The fourth-order valence-electron chi connectivity index (χ4n) is 1.71. The Bertz CT molecular complexity index is 466. The first-order valence-electron chi connectivity index (χ1n) is 5.69. The van der Waals surface area contributed by atoms with E-state index in [9.17, 15) is 4.39 Å². The van der Waals surface area contributed by atoms with E-state index in [0.717, 1.165) is 30.8 Å². The highest BCUT2D eigenvalue weighted by atomic mass is 19.1. The number of benzene rings is 1. The smallest absolute Gasteiger partial charge is 0.123 e. The van der Waals surface area contributed by atoms with Crippen LogP contribution in [0.1, 0.15) is 11.1 Å². The van der Waals surface area contributed by atoms with Crippen LogP contribution in [0.25, 0.3) is 0 Å². The quantitative estimate of drug-likeness (QED) is 0.802. The summed E-state index contributed by atoms with van der Waals surface area (Å²) in [6.07, 6.45) is 3.70. The Hall–Kier alpha value is -1.68. The van der Waals surface area contributed by atoms with E-state index in [1.54, 1.807) is 12.3 Å². The van der Waals surface area contributed by atoms with Crippen LogP contribution in [-0.4, -0.2) is 16.3 Å². The predicted octanol–water partition coefficient (Wildman–Crippen LogP) is 2.12. The van der Waals surface area contributed by atoms with Crippen molar-refractivity contribution in [3.63, 3.8) is 0 Å². The van der Waals surface area contributed by atoms with E-state index in [-0.39, 0.29) is 5.82 Å². The molecule has 3 nitrogen and oxygen atoms in total. The van der Waals surface area contributed by atoms with Crippen LogP contribution in [-0.2, 0) is 13.1 Å². The van der Waals surface area contributed by atoms with Crippen molar-refractivity contribution in [1.82, 2.24) is 15.1 Å². The second-order valence-electron chi connectivity index (χ2n) is 4.02. The lowest BCUT2D eigenvalue weighted by Crippen LogP contribution is -2.20. The standard InChI is InChI=1S/C13H16FN3/c1-11-9-13(14)4-3-12(11)10-15-6-8-17-7-2-5-16-17/h2-5,7,9,15H,6,8,10H2,1H3. The van der Waals surface area contributed by atoms with Crippen molar-refractivity contribution in [2.75, 3.05) is 6.54 Å². The average Bonchev–Trinajstić information content (AvgIpc) is 2.79. The lowest BCUT2D eigenvalue weighted by Gasteiger charge is -2.08. The van der Waals surface area contributed by atoms with Gasteiger partial charge in [0, 0.05) is 25.5 Å². The summed E-state index contributed by atoms with van der Waals surface area (Å²) < 4.78 is 14.8. The molecule has 0 aliphatic carbocycles. The summed E-state index contributed by atoms with van der Waals surface area (Å²) in [7, 11) is 0. The molecule has 90 valence electrons. The van der Waals surface area contributed by atoms with Crippen LogP contribution in [0.4, 0.5) is 4.39 Å². The van der Waals surface area contributed by atoms with Gasteiger partial charge < -0.3 is 5.32 Å². The Balaban J connectivity index is 1.78. The minimum absolute atomic E-state index is 0.178. The van der Waals surface area contributed by atoms with Crippen molar-refractivity contribution < 1.29 is 4.39 Å². The number of hydrogen-bond acceptors (Lipinski definition) is 2. The van der Waals surface area contributed by atoms with E-state index >= 15 is 0 Å². The number of aromatic nitrogens is 2. The maximum atomic E-state index is 12.9. The first-order valence-corrected chi connectivity index (χ1v) is 5.69. The van der Waals surface area contributed by atoms with E-state index < -0.39 is 0 Å². The van der Waals surface area contributed by atoms with Crippen LogP contribution in [0.3, 0.4) is 0 Å². The van der Waals surface area contributed by atoms with Gasteiger partial charge in [0.05, 0.1) is 6.54 Å².